The first-order chi connectivity index (χ1) is 13.7. The molecule has 1 saturated carbocycles. The number of hydrogen-bond acceptors (Lipinski definition) is 2. The number of rotatable bonds is 5. The van der Waals surface area contributed by atoms with Gasteiger partial charge in [-0.3, -0.25) is 0 Å². The average molecular weight is 397 g/mol. The van der Waals surface area contributed by atoms with Crippen molar-refractivity contribution in [1.29, 1.82) is 0 Å². The topological polar surface area (TPSA) is 9.23 Å². The van der Waals surface area contributed by atoms with Crippen molar-refractivity contribution < 1.29 is 13.5 Å². The molecule has 1 fully saturated rings. The molecule has 1 aromatic heterocycles. The van der Waals surface area contributed by atoms with E-state index in [1.807, 2.05) is 24.3 Å². The predicted molar refractivity (Wildman–Crippen MR) is 114 cm³/mol. The van der Waals surface area contributed by atoms with Crippen LogP contribution in [0.4, 0.5) is 8.78 Å². The summed E-state index contributed by atoms with van der Waals surface area (Å²) in [5.74, 6) is 0.204. The van der Waals surface area contributed by atoms with Crippen LogP contribution in [0.5, 0.6) is 5.75 Å². The molecule has 0 saturated heterocycles. The first kappa shape index (κ1) is 17.9. The van der Waals surface area contributed by atoms with Gasteiger partial charge in [-0.15, -0.1) is 11.3 Å². The van der Waals surface area contributed by atoms with Gasteiger partial charge in [0.15, 0.2) is 11.6 Å². The lowest BCUT2D eigenvalue weighted by Crippen LogP contribution is -2.19. The Bertz CT molecular complexity index is 1190. The van der Waals surface area contributed by atoms with E-state index in [0.29, 0.717) is 27.3 Å². The summed E-state index contributed by atoms with van der Waals surface area (Å²) in [7, 11) is 0. The molecule has 3 aromatic carbocycles. The summed E-state index contributed by atoms with van der Waals surface area (Å²) >= 11 is 1.19. The summed E-state index contributed by atoms with van der Waals surface area (Å²) in [6, 6.07) is 11.5. The Morgan fingerprint density at radius 3 is 2.54 bits per heavy atom. The Labute approximate surface area is 166 Å². The quantitative estimate of drug-likeness (QED) is 0.337. The maximum atomic E-state index is 15.3. The van der Waals surface area contributed by atoms with Crippen molar-refractivity contribution in [3.8, 4) is 5.75 Å². The molecule has 144 valence electrons. The maximum Gasteiger partial charge on any atom is 0.182 e. The van der Waals surface area contributed by atoms with Gasteiger partial charge in [0, 0.05) is 16.2 Å². The van der Waals surface area contributed by atoms with Crippen LogP contribution in [0, 0.1) is 17.6 Å². The van der Waals surface area contributed by atoms with Gasteiger partial charge in [-0.2, -0.15) is 0 Å². The summed E-state index contributed by atoms with van der Waals surface area (Å²) in [5, 5.41) is 3.01. The van der Waals surface area contributed by atoms with Gasteiger partial charge in [0.25, 0.3) is 0 Å². The van der Waals surface area contributed by atoms with E-state index in [4.69, 9.17) is 4.74 Å². The summed E-state index contributed by atoms with van der Waals surface area (Å²) in [6.07, 6.45) is 5.50. The number of benzene rings is 3. The van der Waals surface area contributed by atoms with E-state index in [1.165, 1.54) is 17.8 Å². The normalized spacial score (nSPS) is 14.8. The SMILES string of the molecule is CCCc1ccc2cc3c(sc4c(F)c(OCC5CCC5)ccc43)c(F)c2c1. The molecule has 0 spiro atoms. The lowest BCUT2D eigenvalue weighted by Gasteiger charge is -2.25. The van der Waals surface area contributed by atoms with Crippen molar-refractivity contribution in [3.63, 3.8) is 0 Å². The monoisotopic (exact) mass is 396 g/mol. The zero-order valence-electron chi connectivity index (χ0n) is 15.9. The summed E-state index contributed by atoms with van der Waals surface area (Å²) in [6.45, 7) is 2.68. The Kier molecular flexibility index (Phi) is 4.47. The minimum atomic E-state index is -0.367. The molecule has 0 unspecified atom stereocenters. The van der Waals surface area contributed by atoms with Crippen LogP contribution in [-0.4, -0.2) is 6.61 Å². The second kappa shape index (κ2) is 7.00. The van der Waals surface area contributed by atoms with E-state index in [1.54, 1.807) is 6.07 Å². The molecule has 0 amide bonds. The molecule has 0 radical (unpaired) electrons. The lowest BCUT2D eigenvalue weighted by molar-refractivity contribution is 0.176. The van der Waals surface area contributed by atoms with Gasteiger partial charge in [-0.05, 0) is 60.4 Å². The van der Waals surface area contributed by atoms with Crippen molar-refractivity contribution in [2.45, 2.75) is 39.0 Å². The number of aryl methyl sites for hydroxylation is 1. The van der Waals surface area contributed by atoms with Gasteiger partial charge in [-0.1, -0.05) is 31.9 Å². The van der Waals surface area contributed by atoms with Crippen LogP contribution in [0.3, 0.4) is 0 Å². The molecule has 1 aliphatic rings. The van der Waals surface area contributed by atoms with Gasteiger partial charge in [0.05, 0.1) is 16.0 Å². The fraction of sp³-hybridized carbons (Fsp3) is 0.333. The summed E-state index contributed by atoms with van der Waals surface area (Å²) in [4.78, 5) is 0. The fourth-order valence-electron chi connectivity index (χ4n) is 4.06. The Morgan fingerprint density at radius 1 is 0.964 bits per heavy atom. The highest BCUT2D eigenvalue weighted by Gasteiger charge is 2.21. The molecule has 1 aliphatic carbocycles. The van der Waals surface area contributed by atoms with E-state index >= 15 is 8.78 Å². The van der Waals surface area contributed by atoms with Crippen LogP contribution in [0.1, 0.15) is 38.2 Å². The fourth-order valence-corrected chi connectivity index (χ4v) is 5.22. The third-order valence-electron chi connectivity index (χ3n) is 5.89. The summed E-state index contributed by atoms with van der Waals surface area (Å²) in [5.41, 5.74) is 1.13. The molecule has 0 atom stereocenters. The Morgan fingerprint density at radius 2 is 1.79 bits per heavy atom. The van der Waals surface area contributed by atoms with Crippen LogP contribution >= 0.6 is 11.3 Å². The van der Waals surface area contributed by atoms with Gasteiger partial charge in [0.2, 0.25) is 0 Å². The largest absolute Gasteiger partial charge is 0.490 e. The molecular weight excluding hydrogens is 374 g/mol. The first-order valence-electron chi connectivity index (χ1n) is 10.0. The Balaban J connectivity index is 1.64. The molecule has 4 heteroatoms. The van der Waals surface area contributed by atoms with Crippen molar-refractivity contribution in [2.75, 3.05) is 6.61 Å². The van der Waals surface area contributed by atoms with E-state index in [0.717, 1.165) is 47.4 Å². The van der Waals surface area contributed by atoms with E-state index in [-0.39, 0.29) is 17.4 Å². The molecule has 5 rings (SSSR count). The van der Waals surface area contributed by atoms with E-state index in [2.05, 4.69) is 13.0 Å². The highest BCUT2D eigenvalue weighted by molar-refractivity contribution is 7.26. The third kappa shape index (κ3) is 2.86. The number of fused-ring (bicyclic) bond motifs is 4. The maximum absolute atomic E-state index is 15.3. The van der Waals surface area contributed by atoms with Crippen LogP contribution in [0.2, 0.25) is 0 Å². The Hall–Kier alpha value is -2.20. The van der Waals surface area contributed by atoms with E-state index in [9.17, 15) is 0 Å². The van der Waals surface area contributed by atoms with E-state index < -0.39 is 0 Å². The van der Waals surface area contributed by atoms with Gasteiger partial charge >= 0.3 is 0 Å². The van der Waals surface area contributed by atoms with Gasteiger partial charge in [-0.25, -0.2) is 8.78 Å². The first-order valence-corrected chi connectivity index (χ1v) is 10.9. The highest BCUT2D eigenvalue weighted by atomic mass is 32.1. The molecule has 1 heterocycles. The second-order valence-electron chi connectivity index (χ2n) is 7.84. The standard InChI is InChI=1S/C24H22F2OS/c1-2-4-14-7-8-16-12-19-17-9-10-20(27-13-15-5-3-6-15)22(26)23(17)28-24(19)21(25)18(16)11-14/h7-12,15H,2-6,13H2,1H3. The number of hydrogen-bond donors (Lipinski definition) is 0. The minimum absolute atomic E-state index is 0.247. The lowest BCUT2D eigenvalue weighted by atomic mass is 9.86. The predicted octanol–water partition coefficient (Wildman–Crippen LogP) is 7.62. The molecule has 0 bridgehead atoms. The van der Waals surface area contributed by atoms with Crippen molar-refractivity contribution in [2.24, 2.45) is 5.92 Å². The van der Waals surface area contributed by atoms with Crippen LogP contribution in [0.25, 0.3) is 30.9 Å². The van der Waals surface area contributed by atoms with Crippen LogP contribution in [0.15, 0.2) is 36.4 Å². The van der Waals surface area contributed by atoms with Crippen molar-refractivity contribution in [1.82, 2.24) is 0 Å². The van der Waals surface area contributed by atoms with Crippen LogP contribution < -0.4 is 4.74 Å². The molecule has 0 aliphatic heterocycles. The smallest absolute Gasteiger partial charge is 0.182 e. The van der Waals surface area contributed by atoms with Crippen LogP contribution in [-0.2, 0) is 6.42 Å². The highest BCUT2D eigenvalue weighted by Crippen LogP contribution is 2.42. The minimum Gasteiger partial charge on any atom is -0.490 e. The molecular formula is C24H22F2OS. The van der Waals surface area contributed by atoms with Gasteiger partial charge in [0.1, 0.15) is 5.82 Å². The number of halogens is 2. The molecule has 4 aromatic rings. The zero-order chi connectivity index (χ0) is 19.3. The average Bonchev–Trinajstić information content (AvgIpc) is 3.03. The molecule has 1 nitrogen and oxygen atoms in total. The third-order valence-corrected chi connectivity index (χ3v) is 7.10. The number of ether oxygens (including phenoxy) is 1. The molecule has 28 heavy (non-hydrogen) atoms. The van der Waals surface area contributed by atoms with Gasteiger partial charge < -0.3 is 4.74 Å². The van der Waals surface area contributed by atoms with Crippen molar-refractivity contribution >= 4 is 42.3 Å². The summed E-state index contributed by atoms with van der Waals surface area (Å²) < 4.78 is 37.1. The molecule has 0 N–H and O–H groups in total. The number of thiophene rings is 1. The zero-order valence-corrected chi connectivity index (χ0v) is 16.7. The van der Waals surface area contributed by atoms with Crippen molar-refractivity contribution in [3.05, 3.63) is 53.6 Å². The second-order valence-corrected chi connectivity index (χ2v) is 8.86.